The standard InChI is InChI=1S/C15H20N2O3/c1-15(2)14(19)17(9-8-13(18)16-15)12-7-5-4-6-11(12)10-20-3/h4-7H,8-10H2,1-3H3,(H,16,18). The van der Waals surface area contributed by atoms with Gasteiger partial charge in [-0.3, -0.25) is 9.59 Å². The van der Waals surface area contributed by atoms with Crippen molar-refractivity contribution in [1.82, 2.24) is 5.32 Å². The summed E-state index contributed by atoms with van der Waals surface area (Å²) >= 11 is 0. The van der Waals surface area contributed by atoms with Gasteiger partial charge in [-0.05, 0) is 19.9 Å². The summed E-state index contributed by atoms with van der Waals surface area (Å²) in [4.78, 5) is 26.0. The highest BCUT2D eigenvalue weighted by Gasteiger charge is 2.37. The Morgan fingerprint density at radius 3 is 2.70 bits per heavy atom. The Morgan fingerprint density at radius 2 is 2.00 bits per heavy atom. The fourth-order valence-corrected chi connectivity index (χ4v) is 2.40. The number of anilines is 1. The van der Waals surface area contributed by atoms with E-state index < -0.39 is 5.54 Å². The molecule has 0 unspecified atom stereocenters. The van der Waals surface area contributed by atoms with Crippen molar-refractivity contribution in [2.75, 3.05) is 18.6 Å². The van der Waals surface area contributed by atoms with Gasteiger partial charge in [0.05, 0.1) is 6.61 Å². The molecule has 1 heterocycles. The van der Waals surface area contributed by atoms with Crippen molar-refractivity contribution < 1.29 is 14.3 Å². The van der Waals surface area contributed by atoms with Crippen LogP contribution in [0.1, 0.15) is 25.8 Å². The van der Waals surface area contributed by atoms with E-state index in [9.17, 15) is 9.59 Å². The molecule has 1 aromatic carbocycles. The maximum atomic E-state index is 12.6. The Morgan fingerprint density at radius 1 is 1.30 bits per heavy atom. The van der Waals surface area contributed by atoms with E-state index in [2.05, 4.69) is 5.32 Å². The lowest BCUT2D eigenvalue weighted by Crippen LogP contribution is -2.53. The lowest BCUT2D eigenvalue weighted by Gasteiger charge is -2.30. The van der Waals surface area contributed by atoms with Gasteiger partial charge in [0.2, 0.25) is 5.91 Å². The molecule has 0 saturated carbocycles. The van der Waals surface area contributed by atoms with Gasteiger partial charge in [0, 0.05) is 31.3 Å². The smallest absolute Gasteiger partial charge is 0.252 e. The quantitative estimate of drug-likeness (QED) is 0.909. The molecular formula is C15H20N2O3. The van der Waals surface area contributed by atoms with Gasteiger partial charge < -0.3 is 15.0 Å². The number of carbonyl (C=O) groups is 2. The largest absolute Gasteiger partial charge is 0.380 e. The molecule has 108 valence electrons. The van der Waals surface area contributed by atoms with Crippen LogP contribution in [0.2, 0.25) is 0 Å². The second-order valence-corrected chi connectivity index (χ2v) is 5.44. The minimum atomic E-state index is -0.895. The summed E-state index contributed by atoms with van der Waals surface area (Å²) in [6, 6.07) is 7.61. The number of methoxy groups -OCH3 is 1. The average Bonchev–Trinajstić information content (AvgIpc) is 2.49. The van der Waals surface area contributed by atoms with Crippen molar-refractivity contribution in [3.05, 3.63) is 29.8 Å². The molecule has 1 aliphatic rings. The van der Waals surface area contributed by atoms with E-state index in [1.54, 1.807) is 25.9 Å². The predicted molar refractivity (Wildman–Crippen MR) is 76.3 cm³/mol. The summed E-state index contributed by atoms with van der Waals surface area (Å²) in [5.41, 5.74) is 0.853. The molecule has 20 heavy (non-hydrogen) atoms. The summed E-state index contributed by atoms with van der Waals surface area (Å²) in [6.07, 6.45) is 0.302. The number of rotatable bonds is 3. The third kappa shape index (κ3) is 2.82. The first kappa shape index (κ1) is 14.5. The zero-order valence-corrected chi connectivity index (χ0v) is 12.1. The zero-order valence-electron chi connectivity index (χ0n) is 12.1. The number of ether oxygens (including phenoxy) is 1. The van der Waals surface area contributed by atoms with Gasteiger partial charge >= 0.3 is 0 Å². The van der Waals surface area contributed by atoms with Gasteiger partial charge in [-0.1, -0.05) is 18.2 Å². The first-order chi connectivity index (χ1) is 9.45. The van der Waals surface area contributed by atoms with E-state index in [-0.39, 0.29) is 11.8 Å². The van der Waals surface area contributed by atoms with Crippen LogP contribution >= 0.6 is 0 Å². The minimum absolute atomic E-state index is 0.102. The molecule has 1 N–H and O–H groups in total. The Hall–Kier alpha value is -1.88. The predicted octanol–water partition coefficient (Wildman–Crippen LogP) is 1.46. The zero-order chi connectivity index (χ0) is 14.8. The molecule has 1 aromatic rings. The highest BCUT2D eigenvalue weighted by atomic mass is 16.5. The van der Waals surface area contributed by atoms with Gasteiger partial charge in [0.15, 0.2) is 0 Å². The summed E-state index contributed by atoms with van der Waals surface area (Å²) in [6.45, 7) is 4.27. The van der Waals surface area contributed by atoms with Crippen molar-refractivity contribution in [3.8, 4) is 0 Å². The lowest BCUT2D eigenvalue weighted by molar-refractivity contribution is -0.128. The molecule has 0 radical (unpaired) electrons. The van der Waals surface area contributed by atoms with Gasteiger partial charge in [-0.2, -0.15) is 0 Å². The van der Waals surface area contributed by atoms with Crippen LogP contribution in [-0.4, -0.2) is 31.0 Å². The number of hydrogen-bond acceptors (Lipinski definition) is 3. The van der Waals surface area contributed by atoms with Gasteiger partial charge in [0.25, 0.3) is 5.91 Å². The van der Waals surface area contributed by atoms with Crippen molar-refractivity contribution in [2.45, 2.75) is 32.4 Å². The van der Waals surface area contributed by atoms with Crippen LogP contribution in [0.15, 0.2) is 24.3 Å². The van der Waals surface area contributed by atoms with E-state index in [0.717, 1.165) is 11.3 Å². The molecule has 2 amide bonds. The number of carbonyl (C=O) groups excluding carboxylic acids is 2. The SMILES string of the molecule is COCc1ccccc1N1CCC(=O)NC(C)(C)C1=O. The fraction of sp³-hybridized carbons (Fsp3) is 0.467. The van der Waals surface area contributed by atoms with E-state index in [1.165, 1.54) is 0 Å². The van der Waals surface area contributed by atoms with E-state index in [0.29, 0.717) is 19.6 Å². The van der Waals surface area contributed by atoms with Crippen molar-refractivity contribution in [3.63, 3.8) is 0 Å². The van der Waals surface area contributed by atoms with Crippen LogP contribution in [0.4, 0.5) is 5.69 Å². The van der Waals surface area contributed by atoms with Crippen LogP contribution in [0.25, 0.3) is 0 Å². The fourth-order valence-electron chi connectivity index (χ4n) is 2.40. The molecule has 0 spiro atoms. The molecule has 5 nitrogen and oxygen atoms in total. The summed E-state index contributed by atoms with van der Waals surface area (Å²) in [5.74, 6) is -0.207. The van der Waals surface area contributed by atoms with Gasteiger partial charge in [0.1, 0.15) is 5.54 Å². The Balaban J connectivity index is 2.40. The Bertz CT molecular complexity index is 526. The summed E-state index contributed by atoms with van der Waals surface area (Å²) < 4.78 is 5.18. The number of benzene rings is 1. The van der Waals surface area contributed by atoms with E-state index >= 15 is 0 Å². The maximum absolute atomic E-state index is 12.6. The average molecular weight is 276 g/mol. The molecule has 5 heteroatoms. The molecule has 0 atom stereocenters. The van der Waals surface area contributed by atoms with Crippen molar-refractivity contribution in [1.29, 1.82) is 0 Å². The number of nitrogens with zero attached hydrogens (tertiary/aromatic N) is 1. The highest BCUT2D eigenvalue weighted by molar-refractivity contribution is 6.04. The topological polar surface area (TPSA) is 58.6 Å². The third-order valence-electron chi connectivity index (χ3n) is 3.38. The van der Waals surface area contributed by atoms with Crippen LogP contribution in [-0.2, 0) is 20.9 Å². The summed E-state index contributed by atoms with van der Waals surface area (Å²) in [7, 11) is 1.62. The third-order valence-corrected chi connectivity index (χ3v) is 3.38. The van der Waals surface area contributed by atoms with E-state index in [4.69, 9.17) is 4.74 Å². The maximum Gasteiger partial charge on any atom is 0.252 e. The molecule has 1 saturated heterocycles. The number of hydrogen-bond donors (Lipinski definition) is 1. The Labute approximate surface area is 118 Å². The van der Waals surface area contributed by atoms with Crippen LogP contribution in [0.3, 0.4) is 0 Å². The molecule has 0 bridgehead atoms. The van der Waals surface area contributed by atoms with Crippen LogP contribution in [0, 0.1) is 0 Å². The van der Waals surface area contributed by atoms with Crippen LogP contribution < -0.4 is 10.2 Å². The summed E-state index contributed by atoms with van der Waals surface area (Å²) in [5, 5.41) is 2.76. The number of nitrogens with one attached hydrogen (secondary N) is 1. The first-order valence-electron chi connectivity index (χ1n) is 6.65. The second kappa shape index (κ2) is 5.63. The molecule has 0 aliphatic carbocycles. The normalized spacial score (nSPS) is 18.6. The molecule has 2 rings (SSSR count). The molecule has 1 fully saturated rings. The lowest BCUT2D eigenvalue weighted by atomic mass is 10.0. The number of amides is 2. The number of para-hydroxylation sites is 1. The van der Waals surface area contributed by atoms with Crippen molar-refractivity contribution >= 4 is 17.5 Å². The Kier molecular flexibility index (Phi) is 4.09. The van der Waals surface area contributed by atoms with Crippen LogP contribution in [0.5, 0.6) is 0 Å². The van der Waals surface area contributed by atoms with Gasteiger partial charge in [-0.25, -0.2) is 0 Å². The molecular weight excluding hydrogens is 256 g/mol. The monoisotopic (exact) mass is 276 g/mol. The molecule has 0 aromatic heterocycles. The van der Waals surface area contributed by atoms with E-state index in [1.807, 2.05) is 24.3 Å². The van der Waals surface area contributed by atoms with Gasteiger partial charge in [-0.15, -0.1) is 0 Å². The second-order valence-electron chi connectivity index (χ2n) is 5.44. The molecule has 1 aliphatic heterocycles. The van der Waals surface area contributed by atoms with Crippen molar-refractivity contribution in [2.24, 2.45) is 0 Å². The minimum Gasteiger partial charge on any atom is -0.380 e. The highest BCUT2D eigenvalue weighted by Crippen LogP contribution is 2.25. The first-order valence-corrected chi connectivity index (χ1v) is 6.65.